The van der Waals surface area contributed by atoms with E-state index in [1.807, 2.05) is 0 Å². The molecule has 0 spiro atoms. The van der Waals surface area contributed by atoms with Gasteiger partial charge in [0.15, 0.2) is 18.1 Å². The average molecular weight is 404 g/mol. The third kappa shape index (κ3) is 5.41. The lowest BCUT2D eigenvalue weighted by Gasteiger charge is -2.09. The second-order valence-electron chi connectivity index (χ2n) is 5.30. The molecule has 0 radical (unpaired) electrons. The van der Waals surface area contributed by atoms with E-state index >= 15 is 0 Å². The fraction of sp³-hybridized carbons (Fsp3) is 0.312. The predicted octanol–water partition coefficient (Wildman–Crippen LogP) is 2.69. The van der Waals surface area contributed by atoms with Gasteiger partial charge < -0.3 is 18.7 Å². The van der Waals surface area contributed by atoms with E-state index in [9.17, 15) is 17.2 Å². The number of nitrogens with zero attached hydrogens (tertiary/aromatic N) is 2. The zero-order chi connectivity index (χ0) is 20.0. The molecular formula is C16H18F2N2O6S. The van der Waals surface area contributed by atoms with Crippen LogP contribution in [0.3, 0.4) is 0 Å². The number of furan rings is 1. The Morgan fingerprint density at radius 3 is 2.59 bits per heavy atom. The lowest BCUT2D eigenvalue weighted by Crippen LogP contribution is -2.21. The van der Waals surface area contributed by atoms with Crippen molar-refractivity contribution in [1.82, 2.24) is 4.31 Å². The highest BCUT2D eigenvalue weighted by atomic mass is 32.2. The first-order chi connectivity index (χ1) is 12.7. The van der Waals surface area contributed by atoms with E-state index in [0.29, 0.717) is 5.56 Å². The van der Waals surface area contributed by atoms with Crippen molar-refractivity contribution in [2.75, 3.05) is 21.2 Å². The van der Waals surface area contributed by atoms with Crippen LogP contribution >= 0.6 is 0 Å². The lowest BCUT2D eigenvalue weighted by molar-refractivity contribution is -0.0512. The molecule has 0 bridgehead atoms. The van der Waals surface area contributed by atoms with Gasteiger partial charge in [0.25, 0.3) is 10.0 Å². The van der Waals surface area contributed by atoms with Crippen LogP contribution in [0.2, 0.25) is 0 Å². The van der Waals surface area contributed by atoms with Crippen LogP contribution < -0.4 is 9.47 Å². The van der Waals surface area contributed by atoms with Gasteiger partial charge in [0.1, 0.15) is 5.76 Å². The number of alkyl halides is 2. The number of halogens is 2. The fourth-order valence-electron chi connectivity index (χ4n) is 1.91. The highest BCUT2D eigenvalue weighted by Gasteiger charge is 2.21. The first kappa shape index (κ1) is 20.6. The number of rotatable bonds is 9. The van der Waals surface area contributed by atoms with Gasteiger partial charge in [-0.05, 0) is 30.3 Å². The highest BCUT2D eigenvalue weighted by molar-refractivity contribution is 7.88. The quantitative estimate of drug-likeness (QED) is 0.472. The smallest absolute Gasteiger partial charge is 0.387 e. The molecule has 0 saturated carbocycles. The van der Waals surface area contributed by atoms with Crippen molar-refractivity contribution in [3.63, 3.8) is 0 Å². The van der Waals surface area contributed by atoms with Crippen molar-refractivity contribution in [3.8, 4) is 11.5 Å². The van der Waals surface area contributed by atoms with Crippen molar-refractivity contribution in [2.45, 2.75) is 18.3 Å². The Hall–Kier alpha value is -2.66. The first-order valence-corrected chi connectivity index (χ1v) is 8.97. The second kappa shape index (κ2) is 8.82. The molecule has 0 amide bonds. The Morgan fingerprint density at radius 1 is 1.22 bits per heavy atom. The lowest BCUT2D eigenvalue weighted by atomic mass is 10.2. The van der Waals surface area contributed by atoms with E-state index in [1.54, 1.807) is 0 Å². The maximum Gasteiger partial charge on any atom is 0.387 e. The standard InChI is InChI=1S/C16H18F2N2O6S/c1-20(2)27(21,22)15-7-5-12(25-15)10-24-19-9-11-4-6-13(26-16(17)18)14(8-11)23-3/h4-9,16H,10H2,1-3H3. The van der Waals surface area contributed by atoms with Gasteiger partial charge >= 0.3 is 6.61 Å². The molecule has 0 saturated heterocycles. The van der Waals surface area contributed by atoms with Crippen LogP contribution in [-0.2, 0) is 21.5 Å². The molecule has 0 fully saturated rings. The Labute approximate surface area is 155 Å². The van der Waals surface area contributed by atoms with E-state index in [1.165, 1.54) is 57.8 Å². The summed E-state index contributed by atoms with van der Waals surface area (Å²) in [6.45, 7) is -3.06. The van der Waals surface area contributed by atoms with Crippen LogP contribution in [-0.4, -0.2) is 46.8 Å². The summed E-state index contributed by atoms with van der Waals surface area (Å²) in [5, 5.41) is 3.52. The fourth-order valence-corrected chi connectivity index (χ4v) is 2.72. The molecule has 0 unspecified atom stereocenters. The van der Waals surface area contributed by atoms with E-state index in [4.69, 9.17) is 14.0 Å². The van der Waals surface area contributed by atoms with Crippen molar-refractivity contribution in [1.29, 1.82) is 0 Å². The zero-order valence-corrected chi connectivity index (χ0v) is 15.6. The number of hydrogen-bond acceptors (Lipinski definition) is 7. The summed E-state index contributed by atoms with van der Waals surface area (Å²) in [4.78, 5) is 5.05. The number of benzene rings is 1. The Morgan fingerprint density at radius 2 is 1.96 bits per heavy atom. The molecule has 148 valence electrons. The van der Waals surface area contributed by atoms with E-state index < -0.39 is 16.6 Å². The number of hydrogen-bond donors (Lipinski definition) is 0. The first-order valence-electron chi connectivity index (χ1n) is 7.53. The Kier molecular flexibility index (Phi) is 6.75. The maximum atomic E-state index is 12.3. The largest absolute Gasteiger partial charge is 0.493 e. The van der Waals surface area contributed by atoms with Crippen LogP contribution in [0.4, 0.5) is 8.78 Å². The van der Waals surface area contributed by atoms with Crippen molar-refractivity contribution < 1.29 is 35.9 Å². The molecule has 11 heteroatoms. The molecule has 1 aromatic heterocycles. The predicted molar refractivity (Wildman–Crippen MR) is 91.6 cm³/mol. The monoisotopic (exact) mass is 404 g/mol. The molecule has 0 aliphatic rings. The van der Waals surface area contributed by atoms with Gasteiger partial charge in [0.05, 0.1) is 13.3 Å². The summed E-state index contributed by atoms with van der Waals surface area (Å²) in [5.41, 5.74) is 0.517. The Balaban J connectivity index is 1.98. The molecule has 2 aromatic rings. The molecule has 0 atom stereocenters. The van der Waals surface area contributed by atoms with E-state index in [2.05, 4.69) is 9.89 Å². The molecule has 2 rings (SSSR count). The van der Waals surface area contributed by atoms with Gasteiger partial charge in [0, 0.05) is 19.7 Å². The SMILES string of the molecule is COc1cc(C=NOCc2ccc(S(=O)(=O)N(C)C)o2)ccc1OC(F)F. The number of ether oxygens (including phenoxy) is 2. The molecule has 0 aliphatic heterocycles. The summed E-state index contributed by atoms with van der Waals surface area (Å²) in [6, 6.07) is 7.04. The van der Waals surface area contributed by atoms with Crippen LogP contribution in [0.1, 0.15) is 11.3 Å². The van der Waals surface area contributed by atoms with Gasteiger partial charge in [-0.2, -0.15) is 8.78 Å². The van der Waals surface area contributed by atoms with E-state index in [-0.39, 0.29) is 29.0 Å². The maximum absolute atomic E-state index is 12.3. The summed E-state index contributed by atoms with van der Waals surface area (Å²) < 4.78 is 64.0. The van der Waals surface area contributed by atoms with Gasteiger partial charge in [-0.25, -0.2) is 12.7 Å². The third-order valence-corrected chi connectivity index (χ3v) is 4.95. The van der Waals surface area contributed by atoms with Crippen molar-refractivity contribution in [2.24, 2.45) is 5.16 Å². The molecule has 0 aliphatic carbocycles. The van der Waals surface area contributed by atoms with Crippen molar-refractivity contribution in [3.05, 3.63) is 41.7 Å². The molecule has 0 N–H and O–H groups in total. The van der Waals surface area contributed by atoms with Crippen LogP contribution in [0.25, 0.3) is 0 Å². The zero-order valence-electron chi connectivity index (χ0n) is 14.8. The molecule has 1 aromatic carbocycles. The van der Waals surface area contributed by atoms with E-state index in [0.717, 1.165) is 4.31 Å². The third-order valence-electron chi connectivity index (χ3n) is 3.26. The summed E-state index contributed by atoms with van der Waals surface area (Å²) in [7, 11) is 0.450. The normalized spacial score (nSPS) is 12.1. The van der Waals surface area contributed by atoms with Gasteiger partial charge in [-0.1, -0.05) is 5.16 Å². The average Bonchev–Trinajstić information content (AvgIpc) is 3.09. The molecular weight excluding hydrogens is 386 g/mol. The van der Waals surface area contributed by atoms with Crippen LogP contribution in [0.5, 0.6) is 11.5 Å². The number of sulfonamides is 1. The van der Waals surface area contributed by atoms with Crippen molar-refractivity contribution >= 4 is 16.2 Å². The minimum Gasteiger partial charge on any atom is -0.493 e. The summed E-state index contributed by atoms with van der Waals surface area (Å²) in [6.07, 6.45) is 1.33. The number of methoxy groups -OCH3 is 1. The summed E-state index contributed by atoms with van der Waals surface area (Å²) in [5.74, 6) is 0.283. The number of oxime groups is 1. The second-order valence-corrected chi connectivity index (χ2v) is 7.39. The van der Waals surface area contributed by atoms with Gasteiger partial charge in [-0.15, -0.1) is 0 Å². The van der Waals surface area contributed by atoms with Crippen LogP contribution in [0.15, 0.2) is 45.0 Å². The van der Waals surface area contributed by atoms with Crippen LogP contribution in [0, 0.1) is 0 Å². The minimum absolute atomic E-state index is 0.0941. The topological polar surface area (TPSA) is 90.6 Å². The Bertz CT molecular complexity index is 896. The molecule has 1 heterocycles. The molecule has 27 heavy (non-hydrogen) atoms. The molecule has 8 nitrogen and oxygen atoms in total. The van der Waals surface area contributed by atoms with Gasteiger partial charge in [-0.3, -0.25) is 0 Å². The highest BCUT2D eigenvalue weighted by Crippen LogP contribution is 2.29. The van der Waals surface area contributed by atoms with Gasteiger partial charge in [0.2, 0.25) is 5.09 Å². The minimum atomic E-state index is -3.66. The summed E-state index contributed by atoms with van der Waals surface area (Å²) >= 11 is 0.